The number of benzene rings is 2. The summed E-state index contributed by atoms with van der Waals surface area (Å²) in [5.74, 6) is -0.149. The highest BCUT2D eigenvalue weighted by Gasteiger charge is 2.05. The number of hydrogen-bond donors (Lipinski definition) is 2. The molecule has 0 heterocycles. The molecule has 18 heavy (non-hydrogen) atoms. The minimum atomic E-state index is -0.210. The lowest BCUT2D eigenvalue weighted by Gasteiger charge is -2.08. The zero-order valence-electron chi connectivity index (χ0n) is 9.77. The van der Waals surface area contributed by atoms with Gasteiger partial charge in [-0.3, -0.25) is 4.79 Å². The lowest BCUT2D eigenvalue weighted by atomic mass is 10.0. The third-order valence-corrected chi connectivity index (χ3v) is 3.01. The molecule has 0 aromatic heterocycles. The molecular formula is C14H12BrNO2. The molecule has 2 rings (SSSR count). The second kappa shape index (κ2) is 5.23. The average Bonchev–Trinajstić information content (AvgIpc) is 2.32. The van der Waals surface area contributed by atoms with Crippen molar-refractivity contribution in [3.63, 3.8) is 0 Å². The normalized spacial score (nSPS) is 10.1. The molecule has 92 valence electrons. The van der Waals surface area contributed by atoms with E-state index >= 15 is 0 Å². The summed E-state index contributed by atoms with van der Waals surface area (Å²) in [7, 11) is 0. The first-order valence-corrected chi connectivity index (χ1v) is 6.22. The molecule has 0 fully saturated rings. The number of carbonyl (C=O) groups excluding carboxylic acids is 1. The van der Waals surface area contributed by atoms with Crippen LogP contribution in [0.3, 0.4) is 0 Å². The molecule has 0 bridgehead atoms. The van der Waals surface area contributed by atoms with E-state index in [0.29, 0.717) is 5.69 Å². The summed E-state index contributed by atoms with van der Waals surface area (Å²) < 4.78 is 1.01. The lowest BCUT2D eigenvalue weighted by Crippen LogP contribution is -2.05. The highest BCUT2D eigenvalue weighted by Crippen LogP contribution is 2.30. The van der Waals surface area contributed by atoms with Crippen molar-refractivity contribution in [3.05, 3.63) is 46.9 Å². The van der Waals surface area contributed by atoms with Crippen molar-refractivity contribution in [2.75, 3.05) is 5.32 Å². The number of nitrogens with one attached hydrogen (secondary N) is 1. The first-order valence-electron chi connectivity index (χ1n) is 5.43. The van der Waals surface area contributed by atoms with Crippen molar-refractivity contribution in [3.8, 4) is 16.9 Å². The van der Waals surface area contributed by atoms with E-state index in [1.54, 1.807) is 12.1 Å². The Balaban J connectivity index is 2.40. The van der Waals surface area contributed by atoms with E-state index in [1.807, 2.05) is 30.3 Å². The van der Waals surface area contributed by atoms with Crippen LogP contribution in [0.2, 0.25) is 0 Å². The van der Waals surface area contributed by atoms with Crippen molar-refractivity contribution in [1.29, 1.82) is 0 Å². The number of anilines is 1. The second-order valence-corrected chi connectivity index (χ2v) is 4.84. The minimum Gasteiger partial charge on any atom is -0.506 e. The van der Waals surface area contributed by atoms with Crippen LogP contribution in [0.4, 0.5) is 5.69 Å². The standard InChI is InChI=1S/C14H12BrNO2/c1-9(17)16-13-8-11(4-7-14(13)18)10-2-5-12(15)6-3-10/h2-8,18H,1H3,(H,16,17). The molecule has 0 saturated heterocycles. The molecule has 2 N–H and O–H groups in total. The number of carbonyl (C=O) groups is 1. The summed E-state index contributed by atoms with van der Waals surface area (Å²) in [5.41, 5.74) is 2.37. The predicted molar refractivity (Wildman–Crippen MR) is 75.5 cm³/mol. The Morgan fingerprint density at radius 2 is 1.72 bits per heavy atom. The van der Waals surface area contributed by atoms with Crippen LogP contribution in [0.1, 0.15) is 6.92 Å². The van der Waals surface area contributed by atoms with Crippen molar-refractivity contribution in [2.45, 2.75) is 6.92 Å². The summed E-state index contributed by atoms with van der Waals surface area (Å²) >= 11 is 3.38. The molecule has 3 nitrogen and oxygen atoms in total. The fourth-order valence-corrected chi connectivity index (χ4v) is 1.91. The topological polar surface area (TPSA) is 49.3 Å². The van der Waals surface area contributed by atoms with Gasteiger partial charge in [-0.1, -0.05) is 34.1 Å². The third kappa shape index (κ3) is 2.90. The Morgan fingerprint density at radius 1 is 1.11 bits per heavy atom. The maximum absolute atomic E-state index is 11.0. The largest absolute Gasteiger partial charge is 0.506 e. The van der Waals surface area contributed by atoms with Gasteiger partial charge in [-0.25, -0.2) is 0 Å². The predicted octanol–water partition coefficient (Wildman–Crippen LogP) is 3.78. The van der Waals surface area contributed by atoms with Gasteiger partial charge >= 0.3 is 0 Å². The maximum atomic E-state index is 11.0. The highest BCUT2D eigenvalue weighted by atomic mass is 79.9. The number of aromatic hydroxyl groups is 1. The van der Waals surface area contributed by atoms with E-state index in [-0.39, 0.29) is 11.7 Å². The molecule has 0 aliphatic heterocycles. The summed E-state index contributed by atoms with van der Waals surface area (Å²) in [5, 5.41) is 12.2. The Hall–Kier alpha value is -1.81. The van der Waals surface area contributed by atoms with Crippen LogP contribution in [0.5, 0.6) is 5.75 Å². The molecule has 1 amide bonds. The molecule has 0 aliphatic rings. The van der Waals surface area contributed by atoms with Crippen molar-refractivity contribution in [2.24, 2.45) is 0 Å². The van der Waals surface area contributed by atoms with E-state index in [1.165, 1.54) is 6.92 Å². The fraction of sp³-hybridized carbons (Fsp3) is 0.0714. The molecule has 0 atom stereocenters. The molecule has 2 aromatic rings. The van der Waals surface area contributed by atoms with E-state index in [4.69, 9.17) is 0 Å². The fourth-order valence-electron chi connectivity index (χ4n) is 1.65. The van der Waals surface area contributed by atoms with Crippen LogP contribution in [0.15, 0.2) is 46.9 Å². The van der Waals surface area contributed by atoms with Gasteiger partial charge < -0.3 is 10.4 Å². The molecule has 2 aromatic carbocycles. The van der Waals surface area contributed by atoms with Crippen LogP contribution < -0.4 is 5.32 Å². The monoisotopic (exact) mass is 305 g/mol. The van der Waals surface area contributed by atoms with Crippen LogP contribution in [0, 0.1) is 0 Å². The summed E-state index contributed by atoms with van der Waals surface area (Å²) in [4.78, 5) is 11.0. The van der Waals surface area contributed by atoms with Gasteiger partial charge in [0.05, 0.1) is 5.69 Å². The van der Waals surface area contributed by atoms with Gasteiger partial charge in [0.1, 0.15) is 5.75 Å². The first kappa shape index (κ1) is 12.6. The molecule has 0 unspecified atom stereocenters. The van der Waals surface area contributed by atoms with E-state index in [2.05, 4.69) is 21.2 Å². The van der Waals surface area contributed by atoms with Gasteiger partial charge in [-0.15, -0.1) is 0 Å². The average molecular weight is 306 g/mol. The van der Waals surface area contributed by atoms with Crippen molar-refractivity contribution < 1.29 is 9.90 Å². The minimum absolute atomic E-state index is 0.0612. The molecule has 0 radical (unpaired) electrons. The number of phenols is 1. The number of rotatable bonds is 2. The molecule has 4 heteroatoms. The van der Waals surface area contributed by atoms with Crippen LogP contribution in [-0.2, 0) is 4.79 Å². The Kier molecular flexibility index (Phi) is 3.67. The van der Waals surface area contributed by atoms with Gasteiger partial charge in [-0.2, -0.15) is 0 Å². The van der Waals surface area contributed by atoms with Crippen LogP contribution in [0.25, 0.3) is 11.1 Å². The van der Waals surface area contributed by atoms with Gasteiger partial charge in [0.2, 0.25) is 5.91 Å². The number of amides is 1. The third-order valence-electron chi connectivity index (χ3n) is 2.48. The SMILES string of the molecule is CC(=O)Nc1cc(-c2ccc(Br)cc2)ccc1O. The van der Waals surface area contributed by atoms with E-state index in [9.17, 15) is 9.90 Å². The number of phenolic OH excluding ortho intramolecular Hbond substituents is 1. The van der Waals surface area contributed by atoms with Gasteiger partial charge in [-0.05, 0) is 35.4 Å². The highest BCUT2D eigenvalue weighted by molar-refractivity contribution is 9.10. The zero-order valence-corrected chi connectivity index (χ0v) is 11.4. The second-order valence-electron chi connectivity index (χ2n) is 3.92. The molecule has 0 saturated carbocycles. The van der Waals surface area contributed by atoms with E-state index in [0.717, 1.165) is 15.6 Å². The number of halogens is 1. The Morgan fingerprint density at radius 3 is 2.33 bits per heavy atom. The van der Waals surface area contributed by atoms with Crippen molar-refractivity contribution in [1.82, 2.24) is 0 Å². The summed E-state index contributed by atoms with van der Waals surface area (Å²) in [6.45, 7) is 1.41. The van der Waals surface area contributed by atoms with Gasteiger partial charge in [0.15, 0.2) is 0 Å². The van der Waals surface area contributed by atoms with Crippen molar-refractivity contribution >= 4 is 27.5 Å². The summed E-state index contributed by atoms with van der Waals surface area (Å²) in [6.07, 6.45) is 0. The Bertz CT molecular complexity index is 579. The molecule has 0 aliphatic carbocycles. The van der Waals surface area contributed by atoms with Crippen LogP contribution in [-0.4, -0.2) is 11.0 Å². The molecule has 0 spiro atoms. The Labute approximate surface area is 114 Å². The lowest BCUT2D eigenvalue weighted by molar-refractivity contribution is -0.114. The van der Waals surface area contributed by atoms with Crippen LogP contribution >= 0.6 is 15.9 Å². The molecular weight excluding hydrogens is 294 g/mol. The quantitative estimate of drug-likeness (QED) is 0.830. The van der Waals surface area contributed by atoms with Gasteiger partial charge in [0.25, 0.3) is 0 Å². The zero-order chi connectivity index (χ0) is 13.1. The summed E-state index contributed by atoms with van der Waals surface area (Å²) in [6, 6.07) is 13.0. The first-order chi connectivity index (χ1) is 8.56. The van der Waals surface area contributed by atoms with E-state index < -0.39 is 0 Å². The smallest absolute Gasteiger partial charge is 0.221 e. The van der Waals surface area contributed by atoms with Gasteiger partial charge in [0, 0.05) is 11.4 Å². The number of hydrogen-bond acceptors (Lipinski definition) is 2. The maximum Gasteiger partial charge on any atom is 0.221 e.